The zero-order chi connectivity index (χ0) is 4.83. The smallest absolute Gasteiger partial charge is 0.0271 e. The molecule has 0 saturated heterocycles. The zero-order valence-electron chi connectivity index (χ0n) is 3.78. The van der Waals surface area contributed by atoms with Crippen molar-refractivity contribution in [3.8, 4) is 0 Å². The monoisotopic (exact) mass is 148 g/mol. The summed E-state index contributed by atoms with van der Waals surface area (Å²) in [6.45, 7) is 3.68. The van der Waals surface area contributed by atoms with Gasteiger partial charge >= 0.3 is 0 Å². The topological polar surface area (TPSA) is 0 Å². The molecule has 0 aliphatic heterocycles. The van der Waals surface area contributed by atoms with Crippen LogP contribution in [0.2, 0.25) is 0 Å². The lowest BCUT2D eigenvalue weighted by molar-refractivity contribution is 0.858. The highest BCUT2D eigenvalue weighted by Crippen LogP contribution is 2.00. The van der Waals surface area contributed by atoms with Gasteiger partial charge in [-0.25, -0.2) is 0 Å². The van der Waals surface area contributed by atoms with E-state index in [-0.39, 0.29) is 0 Å². The van der Waals surface area contributed by atoms with E-state index in [1.54, 1.807) is 0 Å². The Labute approximate surface area is 48.1 Å². The van der Waals surface area contributed by atoms with E-state index in [0.29, 0.717) is 0 Å². The fourth-order valence-electron chi connectivity index (χ4n) is 0.221. The third-order valence-corrected chi connectivity index (χ3v) is 1.02. The number of hydrogen-bond acceptors (Lipinski definition) is 0. The molecule has 0 spiro atoms. The summed E-state index contributed by atoms with van der Waals surface area (Å²) in [6.07, 6.45) is 3.39. The second-order valence-corrected chi connectivity index (χ2v) is 1.80. The molecule has 0 bridgehead atoms. The van der Waals surface area contributed by atoms with Gasteiger partial charge in [0.15, 0.2) is 0 Å². The highest BCUT2D eigenvalue weighted by atomic mass is 79.9. The van der Waals surface area contributed by atoms with Gasteiger partial charge in [0.25, 0.3) is 0 Å². The standard InChI is InChI=1S/C5H9Br/c1-2-3-4-5-6/h5H,1-4H2. The Morgan fingerprint density at radius 3 is 2.50 bits per heavy atom. The average molecular weight is 149 g/mol. The zero-order valence-corrected chi connectivity index (χ0v) is 5.37. The summed E-state index contributed by atoms with van der Waals surface area (Å²) in [6, 6.07) is 0. The quantitative estimate of drug-likeness (QED) is 0.541. The Kier molecular flexibility index (Phi) is 5.92. The average Bonchev–Trinajstić information content (AvgIpc) is 1.61. The van der Waals surface area contributed by atoms with Crippen molar-refractivity contribution < 1.29 is 0 Å². The first-order valence-corrected chi connectivity index (χ1v) is 3.04. The Bertz CT molecular complexity index is 15.9. The predicted molar refractivity (Wildman–Crippen MR) is 32.4 cm³/mol. The summed E-state index contributed by atoms with van der Waals surface area (Å²) < 4.78 is 0. The molecule has 0 amide bonds. The second-order valence-electron chi connectivity index (χ2n) is 1.15. The van der Waals surface area contributed by atoms with Crippen molar-refractivity contribution in [2.45, 2.75) is 19.3 Å². The Morgan fingerprint density at radius 1 is 1.67 bits per heavy atom. The van der Waals surface area contributed by atoms with Crippen LogP contribution in [0.5, 0.6) is 0 Å². The first-order valence-electron chi connectivity index (χ1n) is 2.13. The van der Waals surface area contributed by atoms with Gasteiger partial charge in [0.05, 0.1) is 0 Å². The molecule has 0 N–H and O–H groups in total. The fraction of sp³-hybridized carbons (Fsp3) is 0.600. The van der Waals surface area contributed by atoms with Gasteiger partial charge in [-0.15, -0.1) is 0 Å². The minimum atomic E-state index is 1.04. The third-order valence-electron chi connectivity index (χ3n) is 0.563. The van der Waals surface area contributed by atoms with Gasteiger partial charge in [-0.2, -0.15) is 0 Å². The molecule has 0 atom stereocenters. The van der Waals surface area contributed by atoms with Crippen LogP contribution >= 0.6 is 15.9 Å². The van der Waals surface area contributed by atoms with Crippen molar-refractivity contribution in [2.24, 2.45) is 0 Å². The Hall–Kier alpha value is 0.480. The lowest BCUT2D eigenvalue weighted by Crippen LogP contribution is -1.65. The maximum absolute atomic E-state index is 3.68. The van der Waals surface area contributed by atoms with Gasteiger partial charge < -0.3 is 0 Å². The third kappa shape index (κ3) is 4.48. The van der Waals surface area contributed by atoms with E-state index in [2.05, 4.69) is 22.9 Å². The van der Waals surface area contributed by atoms with E-state index in [1.165, 1.54) is 6.42 Å². The fourth-order valence-corrected chi connectivity index (χ4v) is 0.545. The molecule has 0 aromatic rings. The van der Waals surface area contributed by atoms with Crippen LogP contribution in [0.25, 0.3) is 0 Å². The van der Waals surface area contributed by atoms with Crippen LogP contribution in [0, 0.1) is 12.3 Å². The van der Waals surface area contributed by atoms with Gasteiger partial charge in [0, 0.05) is 5.33 Å². The summed E-state index contributed by atoms with van der Waals surface area (Å²) in [5.41, 5.74) is 0. The number of hydrogen-bond donors (Lipinski definition) is 0. The number of rotatable bonds is 3. The van der Waals surface area contributed by atoms with Gasteiger partial charge in [-0.05, 0) is 6.42 Å². The van der Waals surface area contributed by atoms with Crippen molar-refractivity contribution in [3.63, 3.8) is 0 Å². The molecule has 0 aromatic heterocycles. The van der Waals surface area contributed by atoms with Gasteiger partial charge in [-0.3, -0.25) is 0 Å². The molecular formula is C5H9Br. The highest BCUT2D eigenvalue weighted by molar-refractivity contribution is 9.10. The van der Waals surface area contributed by atoms with Crippen LogP contribution in [0.4, 0.5) is 0 Å². The van der Waals surface area contributed by atoms with E-state index in [4.69, 9.17) is 0 Å². The molecule has 0 aromatic carbocycles. The maximum atomic E-state index is 3.68. The van der Waals surface area contributed by atoms with Crippen LogP contribution < -0.4 is 0 Å². The molecule has 0 unspecified atom stereocenters. The lowest BCUT2D eigenvalue weighted by atomic mass is 10.3. The molecule has 0 nitrogen and oxygen atoms in total. The molecule has 2 radical (unpaired) electrons. The van der Waals surface area contributed by atoms with E-state index < -0.39 is 0 Å². The molecule has 0 rings (SSSR count). The summed E-state index contributed by atoms with van der Waals surface area (Å²) >= 11 is 3.20. The largest absolute Gasteiger partial charge is 0.0879 e. The van der Waals surface area contributed by atoms with Crippen LogP contribution in [0.3, 0.4) is 0 Å². The molecule has 6 heavy (non-hydrogen) atoms. The van der Waals surface area contributed by atoms with Crippen LogP contribution in [0.1, 0.15) is 19.3 Å². The van der Waals surface area contributed by atoms with Gasteiger partial charge in [-0.1, -0.05) is 35.7 Å². The first kappa shape index (κ1) is 6.48. The summed E-state index contributed by atoms with van der Waals surface area (Å²) in [7, 11) is 0. The number of unbranched alkanes of at least 4 members (excludes halogenated alkanes) is 2. The molecule has 0 heterocycles. The second kappa shape index (κ2) is 5.48. The molecule has 1 heteroatoms. The molecular weight excluding hydrogens is 140 g/mol. The Morgan fingerprint density at radius 2 is 2.33 bits per heavy atom. The molecule has 0 aliphatic rings. The van der Waals surface area contributed by atoms with Crippen molar-refractivity contribution in [1.29, 1.82) is 0 Å². The van der Waals surface area contributed by atoms with E-state index in [0.717, 1.165) is 12.8 Å². The van der Waals surface area contributed by atoms with Crippen molar-refractivity contribution in [3.05, 3.63) is 12.3 Å². The summed E-state index contributed by atoms with van der Waals surface area (Å²) in [5, 5.41) is 1.98. The highest BCUT2D eigenvalue weighted by Gasteiger charge is 1.77. The minimum absolute atomic E-state index is 1.04. The van der Waals surface area contributed by atoms with Gasteiger partial charge in [0.1, 0.15) is 0 Å². The van der Waals surface area contributed by atoms with Crippen molar-refractivity contribution in [2.75, 3.05) is 0 Å². The van der Waals surface area contributed by atoms with Crippen molar-refractivity contribution >= 4 is 15.9 Å². The van der Waals surface area contributed by atoms with E-state index in [9.17, 15) is 0 Å². The molecule has 0 saturated carbocycles. The van der Waals surface area contributed by atoms with Crippen LogP contribution in [-0.2, 0) is 0 Å². The van der Waals surface area contributed by atoms with E-state index >= 15 is 0 Å². The molecule has 0 aliphatic carbocycles. The molecule has 36 valence electrons. The molecule has 0 fully saturated rings. The van der Waals surface area contributed by atoms with Gasteiger partial charge in [0.2, 0.25) is 0 Å². The van der Waals surface area contributed by atoms with Crippen LogP contribution in [-0.4, -0.2) is 0 Å². The summed E-state index contributed by atoms with van der Waals surface area (Å²) in [5.74, 6) is 0. The first-order chi connectivity index (χ1) is 2.91. The predicted octanol–water partition coefficient (Wildman–Crippen LogP) is 2.55. The lowest BCUT2D eigenvalue weighted by Gasteiger charge is -1.84. The van der Waals surface area contributed by atoms with E-state index in [1.807, 2.05) is 5.33 Å². The van der Waals surface area contributed by atoms with Crippen molar-refractivity contribution in [1.82, 2.24) is 0 Å². The minimum Gasteiger partial charge on any atom is -0.0879 e. The SMILES string of the molecule is [CH2]CCC[CH]Br. The number of halogens is 1. The maximum Gasteiger partial charge on any atom is 0.0271 e. The Balaban J connectivity index is 2.34. The summed E-state index contributed by atoms with van der Waals surface area (Å²) in [4.78, 5) is 0. The normalized spacial score (nSPS) is 9.00. The van der Waals surface area contributed by atoms with Crippen LogP contribution in [0.15, 0.2) is 0 Å².